The Morgan fingerprint density at radius 2 is 2.33 bits per heavy atom. The summed E-state index contributed by atoms with van der Waals surface area (Å²) in [5.41, 5.74) is 5.78. The highest BCUT2D eigenvalue weighted by Crippen LogP contribution is 2.23. The van der Waals surface area contributed by atoms with Crippen molar-refractivity contribution >= 4 is 5.84 Å². The Morgan fingerprint density at radius 3 is 2.75 bits per heavy atom. The minimum Gasteiger partial charge on any atom is -0.385 e. The molecule has 0 amide bonds. The molecule has 0 heterocycles. The van der Waals surface area contributed by atoms with Crippen LogP contribution in [0.3, 0.4) is 0 Å². The number of aliphatic imine (C=N–C) groups is 1. The van der Waals surface area contributed by atoms with E-state index >= 15 is 0 Å². The number of nitrogens with zero attached hydrogens (tertiary/aromatic N) is 1. The Labute approximate surface area is 74.0 Å². The van der Waals surface area contributed by atoms with Crippen LogP contribution in [0.4, 0.5) is 0 Å². The van der Waals surface area contributed by atoms with Gasteiger partial charge in [0.25, 0.3) is 0 Å². The standard InChI is InChI=1S/C9H18N2O/c1-3-4-8(12-2)9(10)11-7-5-6-7/h7-8H,3-6H2,1-2H3,(H2,10,11). The second kappa shape index (κ2) is 4.45. The van der Waals surface area contributed by atoms with Gasteiger partial charge in [-0.15, -0.1) is 0 Å². The number of amidine groups is 1. The van der Waals surface area contributed by atoms with Gasteiger partial charge in [0.05, 0.1) is 6.04 Å². The van der Waals surface area contributed by atoms with Crippen LogP contribution in [-0.4, -0.2) is 25.1 Å². The van der Waals surface area contributed by atoms with E-state index in [1.165, 1.54) is 12.8 Å². The minimum atomic E-state index is 0.0376. The predicted molar refractivity (Wildman–Crippen MR) is 50.3 cm³/mol. The summed E-state index contributed by atoms with van der Waals surface area (Å²) in [6.07, 6.45) is 4.49. The summed E-state index contributed by atoms with van der Waals surface area (Å²) >= 11 is 0. The Kier molecular flexibility index (Phi) is 3.53. The van der Waals surface area contributed by atoms with Gasteiger partial charge < -0.3 is 10.5 Å². The lowest BCUT2D eigenvalue weighted by atomic mass is 10.2. The normalized spacial score (nSPS) is 21.0. The third-order valence-corrected chi connectivity index (χ3v) is 2.04. The Balaban J connectivity index is 2.39. The van der Waals surface area contributed by atoms with Gasteiger partial charge in [0, 0.05) is 7.11 Å². The maximum atomic E-state index is 5.78. The average Bonchev–Trinajstić information content (AvgIpc) is 2.83. The van der Waals surface area contributed by atoms with Crippen LogP contribution in [0, 0.1) is 0 Å². The Morgan fingerprint density at radius 1 is 1.67 bits per heavy atom. The molecule has 1 aliphatic carbocycles. The molecule has 0 saturated heterocycles. The Bertz CT molecular complexity index is 164. The van der Waals surface area contributed by atoms with E-state index in [1.54, 1.807) is 7.11 Å². The number of methoxy groups -OCH3 is 1. The molecule has 1 aliphatic rings. The highest BCUT2D eigenvalue weighted by atomic mass is 16.5. The first-order chi connectivity index (χ1) is 5.77. The lowest BCUT2D eigenvalue weighted by Crippen LogP contribution is -2.30. The van der Waals surface area contributed by atoms with E-state index in [4.69, 9.17) is 10.5 Å². The largest absolute Gasteiger partial charge is 0.385 e. The summed E-state index contributed by atoms with van der Waals surface area (Å²) in [5, 5.41) is 0. The van der Waals surface area contributed by atoms with E-state index in [-0.39, 0.29) is 6.10 Å². The van der Waals surface area contributed by atoms with E-state index < -0.39 is 0 Å². The topological polar surface area (TPSA) is 47.6 Å². The van der Waals surface area contributed by atoms with E-state index in [0.29, 0.717) is 11.9 Å². The van der Waals surface area contributed by atoms with Crippen molar-refractivity contribution in [2.45, 2.75) is 44.8 Å². The van der Waals surface area contributed by atoms with Gasteiger partial charge in [-0.3, -0.25) is 4.99 Å². The molecule has 1 unspecified atom stereocenters. The molecule has 2 N–H and O–H groups in total. The van der Waals surface area contributed by atoms with E-state index in [0.717, 1.165) is 12.8 Å². The summed E-state index contributed by atoms with van der Waals surface area (Å²) < 4.78 is 5.23. The summed E-state index contributed by atoms with van der Waals surface area (Å²) in [6.45, 7) is 2.12. The van der Waals surface area contributed by atoms with Crippen LogP contribution in [-0.2, 0) is 4.74 Å². The highest BCUT2D eigenvalue weighted by Gasteiger charge is 2.22. The molecule has 3 heteroatoms. The van der Waals surface area contributed by atoms with Crippen molar-refractivity contribution < 1.29 is 4.74 Å². The number of ether oxygens (including phenoxy) is 1. The van der Waals surface area contributed by atoms with E-state index in [1.807, 2.05) is 0 Å². The van der Waals surface area contributed by atoms with Crippen molar-refractivity contribution in [1.29, 1.82) is 0 Å². The predicted octanol–water partition coefficient (Wildman–Crippen LogP) is 1.32. The van der Waals surface area contributed by atoms with Crippen LogP contribution in [0.2, 0.25) is 0 Å². The zero-order valence-electron chi connectivity index (χ0n) is 7.92. The van der Waals surface area contributed by atoms with Crippen LogP contribution < -0.4 is 5.73 Å². The molecule has 0 aromatic rings. The fourth-order valence-electron chi connectivity index (χ4n) is 1.15. The van der Waals surface area contributed by atoms with Crippen molar-refractivity contribution in [3.8, 4) is 0 Å². The lowest BCUT2D eigenvalue weighted by Gasteiger charge is -2.13. The molecule has 0 aliphatic heterocycles. The van der Waals surface area contributed by atoms with Gasteiger partial charge in [0.2, 0.25) is 0 Å². The monoisotopic (exact) mass is 170 g/mol. The molecule has 1 fully saturated rings. The first kappa shape index (κ1) is 9.52. The van der Waals surface area contributed by atoms with Gasteiger partial charge in [-0.1, -0.05) is 13.3 Å². The molecule has 0 radical (unpaired) electrons. The number of hydrogen-bond acceptors (Lipinski definition) is 2. The third-order valence-electron chi connectivity index (χ3n) is 2.04. The van der Waals surface area contributed by atoms with Crippen molar-refractivity contribution in [3.63, 3.8) is 0 Å². The molecule has 0 spiro atoms. The summed E-state index contributed by atoms with van der Waals surface area (Å²) in [4.78, 5) is 4.35. The molecule has 1 rings (SSSR count). The van der Waals surface area contributed by atoms with Crippen LogP contribution >= 0.6 is 0 Å². The van der Waals surface area contributed by atoms with Gasteiger partial charge in [0.15, 0.2) is 0 Å². The fourth-order valence-corrected chi connectivity index (χ4v) is 1.15. The molecule has 70 valence electrons. The summed E-state index contributed by atoms with van der Waals surface area (Å²) in [7, 11) is 1.69. The molecular weight excluding hydrogens is 152 g/mol. The summed E-state index contributed by atoms with van der Waals surface area (Å²) in [6, 6.07) is 0.500. The molecule has 1 saturated carbocycles. The van der Waals surface area contributed by atoms with Gasteiger partial charge in [-0.05, 0) is 19.3 Å². The van der Waals surface area contributed by atoms with Crippen molar-refractivity contribution in [1.82, 2.24) is 0 Å². The van der Waals surface area contributed by atoms with Crippen molar-refractivity contribution in [2.75, 3.05) is 7.11 Å². The zero-order valence-corrected chi connectivity index (χ0v) is 7.92. The second-order valence-corrected chi connectivity index (χ2v) is 3.30. The molecule has 0 aromatic carbocycles. The van der Waals surface area contributed by atoms with E-state index in [9.17, 15) is 0 Å². The average molecular weight is 170 g/mol. The lowest BCUT2D eigenvalue weighted by molar-refractivity contribution is 0.146. The zero-order chi connectivity index (χ0) is 8.97. The third kappa shape index (κ3) is 2.81. The molecule has 0 aromatic heterocycles. The maximum absolute atomic E-state index is 5.78. The van der Waals surface area contributed by atoms with Gasteiger partial charge in [-0.25, -0.2) is 0 Å². The van der Waals surface area contributed by atoms with E-state index in [2.05, 4.69) is 11.9 Å². The van der Waals surface area contributed by atoms with Crippen molar-refractivity contribution in [3.05, 3.63) is 0 Å². The minimum absolute atomic E-state index is 0.0376. The molecular formula is C9H18N2O. The van der Waals surface area contributed by atoms with Crippen LogP contribution in [0.15, 0.2) is 4.99 Å². The SMILES string of the molecule is CCCC(OC)C(N)=NC1CC1. The first-order valence-electron chi connectivity index (χ1n) is 4.63. The smallest absolute Gasteiger partial charge is 0.123 e. The van der Waals surface area contributed by atoms with Gasteiger partial charge >= 0.3 is 0 Å². The first-order valence-corrected chi connectivity index (χ1v) is 4.63. The fraction of sp³-hybridized carbons (Fsp3) is 0.889. The number of hydrogen-bond donors (Lipinski definition) is 1. The molecule has 3 nitrogen and oxygen atoms in total. The maximum Gasteiger partial charge on any atom is 0.123 e. The number of rotatable bonds is 5. The highest BCUT2D eigenvalue weighted by molar-refractivity contribution is 5.85. The van der Waals surface area contributed by atoms with Crippen LogP contribution in [0.5, 0.6) is 0 Å². The number of nitrogens with two attached hydrogens (primary N) is 1. The molecule has 0 bridgehead atoms. The summed E-state index contributed by atoms with van der Waals surface area (Å²) in [5.74, 6) is 0.682. The molecule has 1 atom stereocenters. The second-order valence-electron chi connectivity index (χ2n) is 3.30. The van der Waals surface area contributed by atoms with Gasteiger partial charge in [0.1, 0.15) is 11.9 Å². The van der Waals surface area contributed by atoms with Crippen LogP contribution in [0.25, 0.3) is 0 Å². The Hall–Kier alpha value is -0.570. The van der Waals surface area contributed by atoms with Gasteiger partial charge in [-0.2, -0.15) is 0 Å². The quantitative estimate of drug-likeness (QED) is 0.499. The van der Waals surface area contributed by atoms with Crippen LogP contribution in [0.1, 0.15) is 32.6 Å². The van der Waals surface area contributed by atoms with Crippen molar-refractivity contribution in [2.24, 2.45) is 10.7 Å². The molecule has 12 heavy (non-hydrogen) atoms.